The van der Waals surface area contributed by atoms with Gasteiger partial charge in [-0.3, -0.25) is 0 Å². The van der Waals surface area contributed by atoms with Crippen LogP contribution in [0.15, 0.2) is 71.4 Å². The van der Waals surface area contributed by atoms with E-state index < -0.39 is 6.10 Å². The molecule has 1 atom stereocenters. The van der Waals surface area contributed by atoms with Gasteiger partial charge < -0.3 is 14.6 Å². The highest BCUT2D eigenvalue weighted by Gasteiger charge is 2.23. The Labute approximate surface area is 153 Å². The molecule has 3 nitrogen and oxygen atoms in total. The second kappa shape index (κ2) is 6.41. The topological polar surface area (TPSA) is 38.7 Å². The Morgan fingerprint density at radius 3 is 2.60 bits per heavy atom. The van der Waals surface area contributed by atoms with E-state index in [4.69, 9.17) is 9.47 Å². The Kier molecular flexibility index (Phi) is 4.10. The summed E-state index contributed by atoms with van der Waals surface area (Å²) in [6.07, 6.45) is -0.896. The molecule has 0 bridgehead atoms. The van der Waals surface area contributed by atoms with Crippen LogP contribution in [-0.4, -0.2) is 11.9 Å². The molecule has 1 aliphatic rings. The van der Waals surface area contributed by atoms with E-state index in [0.717, 1.165) is 20.8 Å². The first kappa shape index (κ1) is 16.0. The molecule has 0 saturated carbocycles. The molecule has 4 heteroatoms. The maximum Gasteiger partial charge on any atom is 0.231 e. The Morgan fingerprint density at radius 1 is 1.08 bits per heavy atom. The van der Waals surface area contributed by atoms with Gasteiger partial charge in [-0.1, -0.05) is 65.0 Å². The van der Waals surface area contributed by atoms with Crippen LogP contribution >= 0.6 is 15.9 Å². The van der Waals surface area contributed by atoms with Crippen LogP contribution in [0.2, 0.25) is 0 Å². The number of ether oxygens (including phenoxy) is 2. The molecule has 0 radical (unpaired) electrons. The van der Waals surface area contributed by atoms with Crippen LogP contribution in [0.4, 0.5) is 0 Å². The normalized spacial score (nSPS) is 13.5. The molecule has 0 fully saturated rings. The minimum Gasteiger partial charge on any atom is -0.454 e. The van der Waals surface area contributed by atoms with Gasteiger partial charge in [-0.25, -0.2) is 0 Å². The Morgan fingerprint density at radius 2 is 1.80 bits per heavy atom. The molecule has 3 aromatic rings. The molecule has 1 N–H and O–H groups in total. The van der Waals surface area contributed by atoms with Crippen LogP contribution < -0.4 is 9.47 Å². The molecule has 0 spiro atoms. The largest absolute Gasteiger partial charge is 0.454 e. The summed E-state index contributed by atoms with van der Waals surface area (Å²) in [5, 5.41) is 13.2. The zero-order valence-corrected chi connectivity index (χ0v) is 14.9. The molecular weight excluding hydrogens is 380 g/mol. The molecular formula is C21H15BrO3. The molecule has 124 valence electrons. The molecule has 0 aromatic heterocycles. The van der Waals surface area contributed by atoms with Crippen molar-refractivity contribution in [2.45, 2.75) is 6.10 Å². The zero-order valence-electron chi connectivity index (χ0n) is 13.3. The fourth-order valence-corrected chi connectivity index (χ4v) is 3.64. The van der Waals surface area contributed by atoms with Crippen LogP contribution in [-0.2, 0) is 0 Å². The summed E-state index contributed by atoms with van der Waals surface area (Å²) in [6, 6.07) is 17.6. The smallest absolute Gasteiger partial charge is 0.231 e. The lowest BCUT2D eigenvalue weighted by atomic mass is 9.92. The average Bonchev–Trinajstić information content (AvgIpc) is 3.09. The number of benzene rings is 3. The third-order valence-corrected chi connectivity index (χ3v) is 5.02. The van der Waals surface area contributed by atoms with Gasteiger partial charge in [0.1, 0.15) is 6.10 Å². The molecule has 4 rings (SSSR count). The summed E-state index contributed by atoms with van der Waals surface area (Å²) < 4.78 is 11.6. The third kappa shape index (κ3) is 2.75. The Bertz CT molecular complexity index is 1010. The monoisotopic (exact) mass is 394 g/mol. The van der Waals surface area contributed by atoms with Crippen molar-refractivity contribution in [1.82, 2.24) is 0 Å². The van der Waals surface area contributed by atoms with E-state index in [1.54, 1.807) is 6.07 Å². The zero-order chi connectivity index (χ0) is 17.4. The lowest BCUT2D eigenvalue weighted by molar-refractivity contribution is 0.173. The van der Waals surface area contributed by atoms with Crippen molar-refractivity contribution in [3.05, 3.63) is 82.5 Å². The molecule has 1 unspecified atom stereocenters. The first-order valence-corrected chi connectivity index (χ1v) is 8.63. The van der Waals surface area contributed by atoms with Gasteiger partial charge in [-0.2, -0.15) is 0 Å². The third-order valence-electron chi connectivity index (χ3n) is 4.33. The summed E-state index contributed by atoms with van der Waals surface area (Å²) in [5.74, 6) is 1.29. The van der Waals surface area contributed by atoms with Gasteiger partial charge in [0.05, 0.1) is 0 Å². The number of hydrogen-bond acceptors (Lipinski definition) is 3. The summed E-state index contributed by atoms with van der Waals surface area (Å²) >= 11 is 3.51. The average molecular weight is 395 g/mol. The van der Waals surface area contributed by atoms with Crippen LogP contribution in [0.5, 0.6) is 11.5 Å². The summed E-state index contributed by atoms with van der Waals surface area (Å²) in [4.78, 5) is 0. The molecule has 3 aromatic carbocycles. The second-order valence-corrected chi connectivity index (χ2v) is 6.60. The lowest BCUT2D eigenvalue weighted by Gasteiger charge is -2.17. The molecule has 1 aliphatic heterocycles. The van der Waals surface area contributed by atoms with Gasteiger partial charge in [0.15, 0.2) is 11.5 Å². The molecule has 0 saturated heterocycles. The SMILES string of the molecule is C=C=C(c1cccc2ccccc12)C(O)c1cc2c(cc1Br)OCO2. The van der Waals surface area contributed by atoms with Crippen molar-refractivity contribution in [1.29, 1.82) is 0 Å². The van der Waals surface area contributed by atoms with E-state index >= 15 is 0 Å². The quantitative estimate of drug-likeness (QED) is 0.617. The van der Waals surface area contributed by atoms with Crippen molar-refractivity contribution in [2.24, 2.45) is 0 Å². The fraction of sp³-hybridized carbons (Fsp3) is 0.0952. The molecule has 0 amide bonds. The van der Waals surface area contributed by atoms with Crippen molar-refractivity contribution in [2.75, 3.05) is 6.79 Å². The predicted molar refractivity (Wildman–Crippen MR) is 102 cm³/mol. The van der Waals surface area contributed by atoms with Crippen molar-refractivity contribution in [3.8, 4) is 11.5 Å². The highest BCUT2D eigenvalue weighted by molar-refractivity contribution is 9.10. The first-order chi connectivity index (χ1) is 12.2. The van der Waals surface area contributed by atoms with Gasteiger partial charge in [0.2, 0.25) is 6.79 Å². The predicted octanol–water partition coefficient (Wildman–Crippen LogP) is 5.23. The van der Waals surface area contributed by atoms with Crippen LogP contribution in [0.1, 0.15) is 17.2 Å². The Hall–Kier alpha value is -2.52. The molecule has 25 heavy (non-hydrogen) atoms. The maximum atomic E-state index is 11.0. The van der Waals surface area contributed by atoms with E-state index in [1.807, 2.05) is 48.5 Å². The number of aliphatic hydroxyl groups excluding tert-OH is 1. The number of hydrogen-bond donors (Lipinski definition) is 1. The second-order valence-electron chi connectivity index (χ2n) is 5.75. The first-order valence-electron chi connectivity index (χ1n) is 7.84. The van der Waals surface area contributed by atoms with Crippen molar-refractivity contribution in [3.63, 3.8) is 0 Å². The van der Waals surface area contributed by atoms with Gasteiger partial charge in [0, 0.05) is 15.6 Å². The molecule has 0 aliphatic carbocycles. The van der Waals surface area contributed by atoms with E-state index in [9.17, 15) is 5.11 Å². The number of aliphatic hydroxyl groups is 1. The van der Waals surface area contributed by atoms with Gasteiger partial charge in [0.25, 0.3) is 0 Å². The van der Waals surface area contributed by atoms with Crippen molar-refractivity contribution >= 4 is 32.3 Å². The van der Waals surface area contributed by atoms with E-state index in [1.165, 1.54) is 0 Å². The summed E-state index contributed by atoms with van der Waals surface area (Å²) in [6.45, 7) is 3.99. The van der Waals surface area contributed by atoms with E-state index in [0.29, 0.717) is 22.6 Å². The summed E-state index contributed by atoms with van der Waals surface area (Å²) in [5.41, 5.74) is 5.14. The summed E-state index contributed by atoms with van der Waals surface area (Å²) in [7, 11) is 0. The van der Waals surface area contributed by atoms with E-state index in [2.05, 4.69) is 28.2 Å². The van der Waals surface area contributed by atoms with Crippen LogP contribution in [0.25, 0.3) is 16.3 Å². The van der Waals surface area contributed by atoms with Crippen molar-refractivity contribution < 1.29 is 14.6 Å². The lowest BCUT2D eigenvalue weighted by Crippen LogP contribution is -2.02. The van der Waals surface area contributed by atoms with Gasteiger partial charge >= 0.3 is 0 Å². The van der Waals surface area contributed by atoms with Gasteiger partial charge in [-0.15, -0.1) is 5.73 Å². The number of rotatable bonds is 3. The fourth-order valence-electron chi connectivity index (χ4n) is 3.10. The maximum absolute atomic E-state index is 11.0. The minimum absolute atomic E-state index is 0.189. The standard InChI is InChI=1S/C21H15BrO3/c1-2-14(16-9-5-7-13-6-3-4-8-15(13)16)21(23)17-10-19-20(11-18(17)22)25-12-24-19/h3-11,21,23H,1,12H2. The highest BCUT2D eigenvalue weighted by Crippen LogP contribution is 2.42. The Balaban J connectivity index is 1.83. The minimum atomic E-state index is -0.896. The number of halogens is 1. The van der Waals surface area contributed by atoms with E-state index in [-0.39, 0.29) is 6.79 Å². The number of fused-ring (bicyclic) bond motifs is 2. The molecule has 1 heterocycles. The van der Waals surface area contributed by atoms with Crippen LogP contribution in [0, 0.1) is 0 Å². The van der Waals surface area contributed by atoms with Crippen LogP contribution in [0.3, 0.4) is 0 Å². The highest BCUT2D eigenvalue weighted by atomic mass is 79.9. The van der Waals surface area contributed by atoms with Gasteiger partial charge in [-0.05, 0) is 28.5 Å².